The molecule has 106 valence electrons. The van der Waals surface area contributed by atoms with E-state index in [2.05, 4.69) is 24.8 Å². The van der Waals surface area contributed by atoms with Gasteiger partial charge in [0.05, 0.1) is 13.2 Å². The van der Waals surface area contributed by atoms with E-state index in [1.165, 1.54) is 24.4 Å². The van der Waals surface area contributed by atoms with Crippen LogP contribution in [-0.4, -0.2) is 43.9 Å². The zero-order valence-electron chi connectivity index (χ0n) is 11.3. The van der Waals surface area contributed by atoms with E-state index in [0.717, 1.165) is 0 Å². The highest BCUT2D eigenvalue weighted by Gasteiger charge is 2.16. The van der Waals surface area contributed by atoms with E-state index in [-0.39, 0.29) is 29.3 Å². The van der Waals surface area contributed by atoms with Gasteiger partial charge in [0, 0.05) is 0 Å². The number of nitrogens with two attached hydrogens (primary N) is 1. The van der Waals surface area contributed by atoms with Crippen molar-refractivity contribution in [1.29, 1.82) is 0 Å². The first-order valence-electron chi connectivity index (χ1n) is 5.80. The highest BCUT2D eigenvalue weighted by Crippen LogP contribution is 2.23. The molecule has 20 heavy (non-hydrogen) atoms. The summed E-state index contributed by atoms with van der Waals surface area (Å²) in [7, 11) is 1.25. The minimum atomic E-state index is -0.643. The van der Waals surface area contributed by atoms with Crippen molar-refractivity contribution in [3.05, 3.63) is 18.5 Å². The number of esters is 1. The average molecular weight is 278 g/mol. The minimum absolute atomic E-state index is 0.0820. The summed E-state index contributed by atoms with van der Waals surface area (Å²) in [6.07, 6.45) is 2.52. The number of carbonyl (C=O) groups is 1. The van der Waals surface area contributed by atoms with Crippen molar-refractivity contribution in [2.75, 3.05) is 12.8 Å². The van der Waals surface area contributed by atoms with Crippen molar-refractivity contribution in [2.24, 2.45) is 0 Å². The third-order valence-electron chi connectivity index (χ3n) is 2.25. The molecule has 0 bridgehead atoms. The van der Waals surface area contributed by atoms with Crippen LogP contribution in [-0.2, 0) is 4.74 Å². The summed E-state index contributed by atoms with van der Waals surface area (Å²) >= 11 is 0. The van der Waals surface area contributed by atoms with Crippen LogP contribution < -0.4 is 10.5 Å². The predicted molar refractivity (Wildman–Crippen MR) is 68.5 cm³/mol. The Labute approximate surface area is 114 Å². The minimum Gasteiger partial charge on any atom is -0.473 e. The second-order valence-electron chi connectivity index (χ2n) is 4.09. The number of hydrogen-bond acceptors (Lipinski definition) is 8. The number of hydrogen-bond donors (Lipinski definition) is 1. The molecule has 0 aliphatic carbocycles. The largest absolute Gasteiger partial charge is 0.473 e. The predicted octanol–water partition coefficient (Wildman–Crippen LogP) is 0.213. The molecule has 0 saturated heterocycles. The van der Waals surface area contributed by atoms with Crippen LogP contribution in [0.2, 0.25) is 0 Å². The summed E-state index contributed by atoms with van der Waals surface area (Å²) in [5.41, 5.74) is 6.14. The lowest BCUT2D eigenvalue weighted by Gasteiger charge is -2.12. The molecular formula is C11H14N6O3. The van der Waals surface area contributed by atoms with Crippen molar-refractivity contribution in [3.8, 4) is 11.7 Å². The van der Waals surface area contributed by atoms with Crippen LogP contribution in [0.5, 0.6) is 5.88 Å². The molecule has 0 amide bonds. The van der Waals surface area contributed by atoms with Crippen LogP contribution in [0.3, 0.4) is 0 Å². The van der Waals surface area contributed by atoms with Gasteiger partial charge in [0.15, 0.2) is 5.82 Å². The highest BCUT2D eigenvalue weighted by atomic mass is 16.5. The maximum atomic E-state index is 11.3. The van der Waals surface area contributed by atoms with Gasteiger partial charge in [0.1, 0.15) is 18.3 Å². The Hall–Kier alpha value is -2.71. The van der Waals surface area contributed by atoms with Gasteiger partial charge < -0.3 is 15.2 Å². The summed E-state index contributed by atoms with van der Waals surface area (Å²) < 4.78 is 11.2. The van der Waals surface area contributed by atoms with E-state index < -0.39 is 5.97 Å². The molecule has 0 aliphatic rings. The molecule has 0 fully saturated rings. The van der Waals surface area contributed by atoms with Gasteiger partial charge in [0.25, 0.3) is 5.82 Å². The molecule has 0 radical (unpaired) electrons. The molecule has 0 atom stereocenters. The Morgan fingerprint density at radius 2 is 2.10 bits per heavy atom. The van der Waals surface area contributed by atoms with E-state index in [9.17, 15) is 4.79 Å². The van der Waals surface area contributed by atoms with Crippen LogP contribution in [0.4, 0.5) is 5.69 Å². The lowest BCUT2D eigenvalue weighted by Crippen LogP contribution is -2.12. The molecule has 2 heterocycles. The van der Waals surface area contributed by atoms with E-state index in [1.807, 2.05) is 13.8 Å². The fraction of sp³-hybridized carbons (Fsp3) is 0.364. The van der Waals surface area contributed by atoms with Crippen molar-refractivity contribution < 1.29 is 14.3 Å². The third kappa shape index (κ3) is 2.66. The Kier molecular flexibility index (Phi) is 3.78. The van der Waals surface area contributed by atoms with E-state index in [4.69, 9.17) is 10.5 Å². The number of nitrogens with zero attached hydrogens (tertiary/aromatic N) is 5. The van der Waals surface area contributed by atoms with Crippen LogP contribution in [0, 0.1) is 0 Å². The van der Waals surface area contributed by atoms with Crippen LogP contribution in [0.15, 0.2) is 12.7 Å². The maximum Gasteiger partial charge on any atom is 0.377 e. The third-order valence-corrected chi connectivity index (χ3v) is 2.25. The van der Waals surface area contributed by atoms with Gasteiger partial charge in [0.2, 0.25) is 5.88 Å². The van der Waals surface area contributed by atoms with E-state index in [1.54, 1.807) is 0 Å². The summed E-state index contributed by atoms with van der Waals surface area (Å²) in [6, 6.07) is 0. The Morgan fingerprint density at radius 3 is 2.75 bits per heavy atom. The van der Waals surface area contributed by atoms with Crippen molar-refractivity contribution in [1.82, 2.24) is 24.7 Å². The van der Waals surface area contributed by atoms with Gasteiger partial charge >= 0.3 is 5.97 Å². The average Bonchev–Trinajstić information content (AvgIpc) is 2.89. The van der Waals surface area contributed by atoms with Crippen molar-refractivity contribution in [2.45, 2.75) is 20.0 Å². The summed E-state index contributed by atoms with van der Waals surface area (Å²) in [4.78, 5) is 23.1. The van der Waals surface area contributed by atoms with Gasteiger partial charge in [-0.25, -0.2) is 14.8 Å². The molecule has 2 aromatic rings. The van der Waals surface area contributed by atoms with E-state index in [0.29, 0.717) is 0 Å². The Morgan fingerprint density at radius 1 is 1.35 bits per heavy atom. The fourth-order valence-corrected chi connectivity index (χ4v) is 1.42. The number of methoxy groups -OCH3 is 1. The van der Waals surface area contributed by atoms with Crippen molar-refractivity contribution >= 4 is 11.7 Å². The zero-order valence-corrected chi connectivity index (χ0v) is 11.3. The monoisotopic (exact) mass is 278 g/mol. The number of rotatable bonds is 4. The van der Waals surface area contributed by atoms with Crippen LogP contribution >= 0.6 is 0 Å². The first-order chi connectivity index (χ1) is 9.52. The number of aromatic nitrogens is 5. The lowest BCUT2D eigenvalue weighted by molar-refractivity contribution is 0.0587. The standard InChI is InChI=1S/C11H14N6O3/c1-6(2)20-10-7(12)9(13-4-14-10)17-5-15-8(16-17)11(18)19-3/h4-6H,12H2,1-3H3. The zero-order chi connectivity index (χ0) is 14.7. The Balaban J connectivity index is 2.38. The molecule has 0 aromatic carbocycles. The first kappa shape index (κ1) is 13.7. The summed E-state index contributed by atoms with van der Waals surface area (Å²) in [5, 5.41) is 3.94. The molecule has 2 rings (SSSR count). The van der Waals surface area contributed by atoms with Gasteiger partial charge in [-0.2, -0.15) is 9.67 Å². The molecule has 0 unspecified atom stereocenters. The maximum absolute atomic E-state index is 11.3. The molecular weight excluding hydrogens is 264 g/mol. The van der Waals surface area contributed by atoms with Gasteiger partial charge in [-0.3, -0.25) is 0 Å². The molecule has 0 saturated carbocycles. The number of anilines is 1. The van der Waals surface area contributed by atoms with Gasteiger partial charge in [-0.1, -0.05) is 0 Å². The van der Waals surface area contributed by atoms with Crippen molar-refractivity contribution in [3.63, 3.8) is 0 Å². The summed E-state index contributed by atoms with van der Waals surface area (Å²) in [6.45, 7) is 3.71. The molecule has 2 aromatic heterocycles. The Bertz CT molecular complexity index is 624. The highest BCUT2D eigenvalue weighted by molar-refractivity contribution is 5.84. The second-order valence-corrected chi connectivity index (χ2v) is 4.09. The smallest absolute Gasteiger partial charge is 0.377 e. The van der Waals surface area contributed by atoms with Gasteiger partial charge in [-0.05, 0) is 13.8 Å². The first-order valence-corrected chi connectivity index (χ1v) is 5.80. The molecule has 2 N–H and O–H groups in total. The van der Waals surface area contributed by atoms with Crippen LogP contribution in [0.25, 0.3) is 5.82 Å². The topological polar surface area (TPSA) is 118 Å². The molecule has 0 aliphatic heterocycles. The van der Waals surface area contributed by atoms with Crippen LogP contribution in [0.1, 0.15) is 24.5 Å². The quantitative estimate of drug-likeness (QED) is 0.788. The number of ether oxygens (including phenoxy) is 2. The summed E-state index contributed by atoms with van der Waals surface area (Å²) in [5.74, 6) is -0.203. The van der Waals surface area contributed by atoms with Gasteiger partial charge in [-0.15, -0.1) is 5.10 Å². The molecule has 0 spiro atoms. The molecule has 9 heteroatoms. The second kappa shape index (κ2) is 5.51. The number of nitrogen functional groups attached to an aromatic ring is 1. The fourth-order valence-electron chi connectivity index (χ4n) is 1.42. The normalized spacial score (nSPS) is 10.6. The molecule has 9 nitrogen and oxygen atoms in total. The van der Waals surface area contributed by atoms with E-state index >= 15 is 0 Å². The SMILES string of the molecule is COC(=O)c1ncn(-c2ncnc(OC(C)C)c2N)n1. The lowest BCUT2D eigenvalue weighted by atomic mass is 10.4. The number of carbonyl (C=O) groups excluding carboxylic acids is 1.